The van der Waals surface area contributed by atoms with Gasteiger partial charge < -0.3 is 9.88 Å². The molecule has 2 heterocycles. The Labute approximate surface area is 116 Å². The second-order valence-electron chi connectivity index (χ2n) is 5.20. The van der Waals surface area contributed by atoms with Crippen molar-refractivity contribution in [1.82, 2.24) is 14.9 Å². The number of halogens is 1. The van der Waals surface area contributed by atoms with Gasteiger partial charge >= 0.3 is 0 Å². The summed E-state index contributed by atoms with van der Waals surface area (Å²) in [6, 6.07) is 4.47. The van der Waals surface area contributed by atoms with Crippen molar-refractivity contribution in [3.8, 4) is 0 Å². The maximum atomic E-state index is 13.2. The Morgan fingerprint density at radius 2 is 2.30 bits per heavy atom. The van der Waals surface area contributed by atoms with E-state index in [1.165, 1.54) is 12.1 Å². The molecule has 1 aromatic heterocycles. The average Bonchev–Trinajstić information content (AvgIpc) is 2.88. The van der Waals surface area contributed by atoms with Crippen LogP contribution in [-0.4, -0.2) is 35.5 Å². The van der Waals surface area contributed by atoms with E-state index in [0.717, 1.165) is 16.9 Å². The molecule has 2 aromatic rings. The van der Waals surface area contributed by atoms with Crippen molar-refractivity contribution in [2.24, 2.45) is 7.05 Å². The molecule has 1 aliphatic rings. The SMILES string of the molecule is Cn1c(CNC2CCS(=O)(=O)C2)nc2ccc(F)cc21. The second-order valence-corrected chi connectivity index (χ2v) is 7.43. The molecule has 7 heteroatoms. The molecule has 0 radical (unpaired) electrons. The summed E-state index contributed by atoms with van der Waals surface area (Å²) < 4.78 is 37.8. The van der Waals surface area contributed by atoms with E-state index < -0.39 is 9.84 Å². The molecule has 0 bridgehead atoms. The molecular formula is C13H16FN3O2S. The van der Waals surface area contributed by atoms with Crippen molar-refractivity contribution in [3.63, 3.8) is 0 Å². The zero-order valence-electron chi connectivity index (χ0n) is 11.1. The van der Waals surface area contributed by atoms with Crippen LogP contribution < -0.4 is 5.32 Å². The van der Waals surface area contributed by atoms with Gasteiger partial charge in [-0.15, -0.1) is 0 Å². The van der Waals surface area contributed by atoms with E-state index in [1.54, 1.807) is 6.07 Å². The summed E-state index contributed by atoms with van der Waals surface area (Å²) in [6.45, 7) is 0.479. The van der Waals surface area contributed by atoms with Gasteiger partial charge in [0.05, 0.1) is 29.1 Å². The number of aryl methyl sites for hydroxylation is 1. The molecule has 0 spiro atoms. The second kappa shape index (κ2) is 4.82. The minimum Gasteiger partial charge on any atom is -0.330 e. The number of benzene rings is 1. The zero-order valence-corrected chi connectivity index (χ0v) is 12.0. The van der Waals surface area contributed by atoms with Gasteiger partial charge in [-0.25, -0.2) is 17.8 Å². The highest BCUT2D eigenvalue weighted by molar-refractivity contribution is 7.91. The first-order chi connectivity index (χ1) is 9.44. The zero-order chi connectivity index (χ0) is 14.3. The fourth-order valence-electron chi connectivity index (χ4n) is 2.56. The fourth-order valence-corrected chi connectivity index (χ4v) is 4.27. The summed E-state index contributed by atoms with van der Waals surface area (Å²) in [6.07, 6.45) is 0.640. The number of nitrogens with one attached hydrogen (secondary N) is 1. The highest BCUT2D eigenvalue weighted by Crippen LogP contribution is 2.17. The number of hydrogen-bond donors (Lipinski definition) is 1. The molecule has 3 rings (SSSR count). The van der Waals surface area contributed by atoms with Gasteiger partial charge in [-0.1, -0.05) is 0 Å². The summed E-state index contributed by atoms with van der Waals surface area (Å²) >= 11 is 0. The van der Waals surface area contributed by atoms with E-state index in [-0.39, 0.29) is 23.4 Å². The summed E-state index contributed by atoms with van der Waals surface area (Å²) in [5.41, 5.74) is 1.48. The molecule has 1 fully saturated rings. The van der Waals surface area contributed by atoms with Crippen LogP contribution in [0.5, 0.6) is 0 Å². The predicted octanol–water partition coefficient (Wildman–Crippen LogP) is 0.989. The largest absolute Gasteiger partial charge is 0.330 e. The first-order valence-electron chi connectivity index (χ1n) is 6.49. The number of aromatic nitrogens is 2. The lowest BCUT2D eigenvalue weighted by atomic mass is 10.2. The van der Waals surface area contributed by atoms with Gasteiger partial charge in [0, 0.05) is 13.1 Å². The number of sulfone groups is 1. The van der Waals surface area contributed by atoms with E-state index in [0.29, 0.717) is 13.0 Å². The molecule has 1 N–H and O–H groups in total. The van der Waals surface area contributed by atoms with Gasteiger partial charge in [0.2, 0.25) is 0 Å². The number of fused-ring (bicyclic) bond motifs is 1. The van der Waals surface area contributed by atoms with Crippen molar-refractivity contribution in [1.29, 1.82) is 0 Å². The van der Waals surface area contributed by atoms with Gasteiger partial charge in [0.25, 0.3) is 0 Å². The molecule has 1 aromatic carbocycles. The smallest absolute Gasteiger partial charge is 0.151 e. The highest BCUT2D eigenvalue weighted by atomic mass is 32.2. The van der Waals surface area contributed by atoms with Crippen LogP contribution in [0.3, 0.4) is 0 Å². The van der Waals surface area contributed by atoms with Gasteiger partial charge in [0.1, 0.15) is 11.6 Å². The average molecular weight is 297 g/mol. The Balaban J connectivity index is 1.77. The maximum absolute atomic E-state index is 13.2. The Morgan fingerprint density at radius 1 is 1.50 bits per heavy atom. The molecule has 0 saturated carbocycles. The van der Waals surface area contributed by atoms with Gasteiger partial charge in [-0.2, -0.15) is 0 Å². The first-order valence-corrected chi connectivity index (χ1v) is 8.31. The van der Waals surface area contributed by atoms with Crippen LogP contribution in [-0.2, 0) is 23.4 Å². The summed E-state index contributed by atoms with van der Waals surface area (Å²) in [7, 11) is -1.05. The lowest BCUT2D eigenvalue weighted by molar-refractivity contribution is 0.535. The lowest BCUT2D eigenvalue weighted by Gasteiger charge is -2.10. The van der Waals surface area contributed by atoms with Crippen LogP contribution in [0.4, 0.5) is 4.39 Å². The van der Waals surface area contributed by atoms with Crippen molar-refractivity contribution >= 4 is 20.9 Å². The van der Waals surface area contributed by atoms with E-state index in [4.69, 9.17) is 0 Å². The summed E-state index contributed by atoms with van der Waals surface area (Å²) in [5, 5.41) is 3.21. The number of imidazole rings is 1. The molecule has 0 amide bonds. The van der Waals surface area contributed by atoms with E-state index in [1.807, 2.05) is 11.6 Å². The third kappa shape index (κ3) is 2.55. The predicted molar refractivity (Wildman–Crippen MR) is 74.6 cm³/mol. The van der Waals surface area contributed by atoms with Gasteiger partial charge in [0.15, 0.2) is 9.84 Å². The molecule has 108 valence electrons. The van der Waals surface area contributed by atoms with Gasteiger partial charge in [-0.05, 0) is 24.6 Å². The molecule has 20 heavy (non-hydrogen) atoms. The van der Waals surface area contributed by atoms with Crippen molar-refractivity contribution < 1.29 is 12.8 Å². The van der Waals surface area contributed by atoms with Crippen LogP contribution in [0.25, 0.3) is 11.0 Å². The van der Waals surface area contributed by atoms with Crippen LogP contribution in [0.1, 0.15) is 12.2 Å². The van der Waals surface area contributed by atoms with Crippen molar-refractivity contribution in [3.05, 3.63) is 29.8 Å². The topological polar surface area (TPSA) is 64.0 Å². The Bertz CT molecular complexity index is 754. The molecule has 1 saturated heterocycles. The van der Waals surface area contributed by atoms with E-state index >= 15 is 0 Å². The highest BCUT2D eigenvalue weighted by Gasteiger charge is 2.27. The number of hydrogen-bond acceptors (Lipinski definition) is 4. The van der Waals surface area contributed by atoms with E-state index in [2.05, 4.69) is 10.3 Å². The Hall–Kier alpha value is -1.47. The molecule has 1 aliphatic heterocycles. The molecule has 0 aliphatic carbocycles. The van der Waals surface area contributed by atoms with Crippen LogP contribution in [0, 0.1) is 5.82 Å². The molecule has 1 atom stereocenters. The quantitative estimate of drug-likeness (QED) is 0.917. The molecule has 1 unspecified atom stereocenters. The van der Waals surface area contributed by atoms with Gasteiger partial charge in [-0.3, -0.25) is 0 Å². The Morgan fingerprint density at radius 3 is 3.00 bits per heavy atom. The summed E-state index contributed by atoms with van der Waals surface area (Å²) in [4.78, 5) is 4.44. The number of rotatable bonds is 3. The number of nitrogens with zero attached hydrogens (tertiary/aromatic N) is 2. The minimum atomic E-state index is -2.88. The standard InChI is InChI=1S/C13H16FN3O2S/c1-17-12-6-9(14)2-3-11(12)16-13(17)7-15-10-4-5-20(18,19)8-10/h2-3,6,10,15H,4-5,7-8H2,1H3. The van der Waals surface area contributed by atoms with Crippen molar-refractivity contribution in [2.75, 3.05) is 11.5 Å². The third-order valence-electron chi connectivity index (χ3n) is 3.72. The van der Waals surface area contributed by atoms with E-state index in [9.17, 15) is 12.8 Å². The monoisotopic (exact) mass is 297 g/mol. The van der Waals surface area contributed by atoms with Crippen LogP contribution >= 0.6 is 0 Å². The Kier molecular flexibility index (Phi) is 3.25. The lowest BCUT2D eigenvalue weighted by Crippen LogP contribution is -2.30. The maximum Gasteiger partial charge on any atom is 0.151 e. The van der Waals surface area contributed by atoms with Crippen molar-refractivity contribution in [2.45, 2.75) is 19.0 Å². The fraction of sp³-hybridized carbons (Fsp3) is 0.462. The van der Waals surface area contributed by atoms with Crippen LogP contribution in [0.15, 0.2) is 18.2 Å². The molecule has 5 nitrogen and oxygen atoms in total. The van der Waals surface area contributed by atoms with Crippen LogP contribution in [0.2, 0.25) is 0 Å². The minimum absolute atomic E-state index is 0.0171. The summed E-state index contributed by atoms with van der Waals surface area (Å²) in [5.74, 6) is 0.918. The normalized spacial score (nSPS) is 21.6. The first kappa shape index (κ1) is 13.5. The third-order valence-corrected chi connectivity index (χ3v) is 5.48. The molecular weight excluding hydrogens is 281 g/mol.